The average molecular weight is 335 g/mol. The van der Waals surface area contributed by atoms with E-state index >= 15 is 0 Å². The van der Waals surface area contributed by atoms with Crippen molar-refractivity contribution in [2.45, 2.75) is 11.6 Å². The molecule has 8 heteroatoms. The first-order chi connectivity index (χ1) is 11.6. The van der Waals surface area contributed by atoms with E-state index in [1.165, 1.54) is 0 Å². The molecule has 0 bridgehead atoms. The zero-order valence-corrected chi connectivity index (χ0v) is 13.3. The van der Waals surface area contributed by atoms with Gasteiger partial charge in [-0.3, -0.25) is 4.79 Å². The normalized spacial score (nSPS) is 23.5. The Morgan fingerprint density at radius 1 is 1.38 bits per heavy atom. The van der Waals surface area contributed by atoms with Gasteiger partial charge in [0.2, 0.25) is 0 Å². The smallest absolute Gasteiger partial charge is 0.251 e. The predicted molar refractivity (Wildman–Crippen MR) is 80.3 cm³/mol. The van der Waals surface area contributed by atoms with Crippen molar-refractivity contribution in [1.82, 2.24) is 10.2 Å². The topological polar surface area (TPSA) is 100 Å². The number of nitrogens with one attached hydrogen (secondary N) is 1. The van der Waals surface area contributed by atoms with Crippen LogP contribution in [0.25, 0.3) is 0 Å². The van der Waals surface area contributed by atoms with E-state index in [0.717, 1.165) is 10.5 Å². The number of ether oxygens (including phenoxy) is 3. The second kappa shape index (κ2) is 6.66. The van der Waals surface area contributed by atoms with Gasteiger partial charge in [0.05, 0.1) is 39.6 Å². The van der Waals surface area contributed by atoms with Crippen LogP contribution in [-0.2, 0) is 14.3 Å². The van der Waals surface area contributed by atoms with Crippen LogP contribution in [0.5, 0.6) is 5.75 Å². The van der Waals surface area contributed by atoms with E-state index in [1.807, 2.05) is 0 Å². The highest BCUT2D eigenvalue weighted by Gasteiger charge is 2.50. The van der Waals surface area contributed by atoms with Crippen molar-refractivity contribution in [3.8, 4) is 5.75 Å². The maximum atomic E-state index is 12.7. The summed E-state index contributed by atoms with van der Waals surface area (Å²) in [6.07, 6.45) is -1.42. The largest absolute Gasteiger partial charge is 0.530 e. The Morgan fingerprint density at radius 3 is 2.71 bits per heavy atom. The number of nitrogens with zero attached hydrogens (tertiary/aromatic N) is 1. The summed E-state index contributed by atoms with van der Waals surface area (Å²) in [5.74, 6) is 0.177. The van der Waals surface area contributed by atoms with E-state index in [4.69, 9.17) is 14.2 Å². The van der Waals surface area contributed by atoms with Crippen molar-refractivity contribution in [1.29, 1.82) is 0 Å². The highest BCUT2D eigenvalue weighted by atomic mass is 16.5. The van der Waals surface area contributed by atoms with Gasteiger partial charge < -0.3 is 34.3 Å². The highest BCUT2D eigenvalue weighted by Crippen LogP contribution is 2.30. The fourth-order valence-corrected chi connectivity index (χ4v) is 3.04. The summed E-state index contributed by atoms with van der Waals surface area (Å²) >= 11 is 0. The molecule has 2 heterocycles. The van der Waals surface area contributed by atoms with Crippen molar-refractivity contribution >= 4 is 12.0 Å². The molecule has 2 aliphatic rings. The third-order valence-corrected chi connectivity index (χ3v) is 4.38. The molecular formula is C16H19N2O6-. The maximum Gasteiger partial charge on any atom is 0.251 e. The number of carboxylic acid groups (broad SMARTS) is 1. The first kappa shape index (κ1) is 16.5. The summed E-state index contributed by atoms with van der Waals surface area (Å²) in [6.45, 7) is 0.563. The Morgan fingerprint density at radius 2 is 2.08 bits per heavy atom. The van der Waals surface area contributed by atoms with Gasteiger partial charge in [-0.05, 0) is 17.7 Å². The van der Waals surface area contributed by atoms with Crippen LogP contribution in [0.15, 0.2) is 24.3 Å². The minimum atomic E-state index is -1.42. The number of benzene rings is 1. The molecule has 130 valence electrons. The van der Waals surface area contributed by atoms with Gasteiger partial charge in [0, 0.05) is 6.54 Å². The number of methoxy groups -OCH3 is 1. The van der Waals surface area contributed by atoms with E-state index in [0.29, 0.717) is 19.0 Å². The van der Waals surface area contributed by atoms with Gasteiger partial charge in [-0.1, -0.05) is 12.1 Å². The quantitative estimate of drug-likeness (QED) is 0.767. The molecule has 0 aromatic heterocycles. The Balaban J connectivity index is 1.90. The van der Waals surface area contributed by atoms with Crippen molar-refractivity contribution in [3.63, 3.8) is 0 Å². The molecule has 0 saturated carbocycles. The minimum Gasteiger partial charge on any atom is -0.530 e. The number of carbonyl (C=O) groups is 2. The number of hydrogen-bond acceptors (Lipinski definition) is 6. The lowest BCUT2D eigenvalue weighted by Crippen LogP contribution is -2.72. The zero-order valence-electron chi connectivity index (χ0n) is 13.3. The molecule has 1 unspecified atom stereocenters. The summed E-state index contributed by atoms with van der Waals surface area (Å²) < 4.78 is 15.9. The van der Waals surface area contributed by atoms with E-state index < -0.39 is 23.6 Å². The maximum absolute atomic E-state index is 12.7. The van der Waals surface area contributed by atoms with E-state index in [1.54, 1.807) is 31.4 Å². The molecule has 2 fully saturated rings. The molecule has 1 aromatic carbocycles. The van der Waals surface area contributed by atoms with Crippen molar-refractivity contribution in [2.75, 3.05) is 40.1 Å². The van der Waals surface area contributed by atoms with E-state index in [-0.39, 0.29) is 19.8 Å². The minimum absolute atomic E-state index is 0.0496. The Bertz CT molecular complexity index is 627. The Labute approximate surface area is 139 Å². The van der Waals surface area contributed by atoms with Gasteiger partial charge in [0.25, 0.3) is 5.91 Å². The van der Waals surface area contributed by atoms with Crippen molar-refractivity contribution < 1.29 is 28.9 Å². The lowest BCUT2D eigenvalue weighted by atomic mass is 9.91. The number of rotatable bonds is 2. The van der Waals surface area contributed by atoms with Crippen LogP contribution < -0.4 is 15.2 Å². The number of piperazine rings is 1. The molecule has 0 radical (unpaired) electrons. The molecule has 2 aliphatic heterocycles. The average Bonchev–Trinajstić information content (AvgIpc) is 2.84. The molecule has 1 atom stereocenters. The molecular weight excluding hydrogens is 316 g/mol. The number of hydrogen-bond donors (Lipinski definition) is 1. The summed E-state index contributed by atoms with van der Waals surface area (Å²) in [6, 6.07) is 6.62. The van der Waals surface area contributed by atoms with Crippen LogP contribution in [0, 0.1) is 0 Å². The standard InChI is InChI=1S/C16H20N2O6/c1-22-12-4-2-3-11(7-12)13-8-18(15(20)21)16(14(19)17-13)9-23-5-6-24-10-16/h2-4,7,13H,5-6,8-10H2,1H3,(H,17,19)(H,20,21)/p-1. The molecule has 1 aromatic rings. The zero-order chi connectivity index (χ0) is 17.2. The molecule has 2 amide bonds. The first-order valence-electron chi connectivity index (χ1n) is 7.66. The lowest BCUT2D eigenvalue weighted by molar-refractivity contribution is -0.275. The fraction of sp³-hybridized carbons (Fsp3) is 0.500. The van der Waals surface area contributed by atoms with Crippen LogP contribution >= 0.6 is 0 Å². The van der Waals surface area contributed by atoms with Crippen LogP contribution in [0.1, 0.15) is 11.6 Å². The van der Waals surface area contributed by atoms with Crippen LogP contribution in [-0.4, -0.2) is 62.5 Å². The van der Waals surface area contributed by atoms with E-state index in [9.17, 15) is 14.7 Å². The summed E-state index contributed by atoms with van der Waals surface area (Å²) in [4.78, 5) is 25.4. The van der Waals surface area contributed by atoms with Crippen molar-refractivity contribution in [2.24, 2.45) is 0 Å². The summed E-state index contributed by atoms with van der Waals surface area (Å²) in [5.41, 5.74) is -0.663. The fourth-order valence-electron chi connectivity index (χ4n) is 3.04. The van der Waals surface area contributed by atoms with Crippen LogP contribution in [0.2, 0.25) is 0 Å². The van der Waals surface area contributed by atoms with Gasteiger partial charge in [-0.25, -0.2) is 0 Å². The lowest BCUT2D eigenvalue weighted by Gasteiger charge is -2.48. The molecule has 0 aliphatic carbocycles. The number of carbonyl (C=O) groups excluding carboxylic acids is 2. The summed E-state index contributed by atoms with van der Waals surface area (Å²) in [5, 5.41) is 14.6. The molecule has 1 spiro atoms. The van der Waals surface area contributed by atoms with Crippen molar-refractivity contribution in [3.05, 3.63) is 29.8 Å². The van der Waals surface area contributed by atoms with Gasteiger partial charge in [-0.2, -0.15) is 0 Å². The molecule has 2 saturated heterocycles. The molecule has 8 nitrogen and oxygen atoms in total. The molecule has 1 N–H and O–H groups in total. The molecule has 24 heavy (non-hydrogen) atoms. The van der Waals surface area contributed by atoms with Gasteiger partial charge in [0.1, 0.15) is 11.8 Å². The molecule has 3 rings (SSSR count). The second-order valence-corrected chi connectivity index (χ2v) is 5.82. The first-order valence-corrected chi connectivity index (χ1v) is 7.66. The Hall–Kier alpha value is -2.32. The predicted octanol–water partition coefficient (Wildman–Crippen LogP) is -0.703. The third kappa shape index (κ3) is 2.90. The SMILES string of the molecule is COc1cccc(C2CN(C(=O)[O-])C3(COCCOC3)C(=O)N2)c1. The van der Waals surface area contributed by atoms with Gasteiger partial charge in [0.15, 0.2) is 5.54 Å². The monoisotopic (exact) mass is 335 g/mol. The van der Waals surface area contributed by atoms with Gasteiger partial charge >= 0.3 is 0 Å². The second-order valence-electron chi connectivity index (χ2n) is 5.82. The Kier molecular flexibility index (Phi) is 4.59. The van der Waals surface area contributed by atoms with E-state index in [2.05, 4.69) is 5.32 Å². The van der Waals surface area contributed by atoms with Crippen LogP contribution in [0.3, 0.4) is 0 Å². The van der Waals surface area contributed by atoms with Gasteiger partial charge in [-0.15, -0.1) is 0 Å². The third-order valence-electron chi connectivity index (χ3n) is 4.38. The summed E-state index contributed by atoms with van der Waals surface area (Å²) in [7, 11) is 1.54. The highest BCUT2D eigenvalue weighted by molar-refractivity contribution is 5.91. The van der Waals surface area contributed by atoms with Crippen LogP contribution in [0.4, 0.5) is 4.79 Å². The number of amides is 2.